The number of nitrogens with one attached hydrogen (secondary N) is 2. The lowest BCUT2D eigenvalue weighted by Crippen LogP contribution is -2.27. The van der Waals surface area contributed by atoms with E-state index in [0.29, 0.717) is 11.3 Å². The van der Waals surface area contributed by atoms with Gasteiger partial charge in [0.05, 0.1) is 12.7 Å². The minimum absolute atomic E-state index is 0.00939. The van der Waals surface area contributed by atoms with Crippen molar-refractivity contribution >= 4 is 33.5 Å². The minimum atomic E-state index is -1.05. The summed E-state index contributed by atoms with van der Waals surface area (Å²) in [6.45, 7) is 0.954. The summed E-state index contributed by atoms with van der Waals surface area (Å²) in [6.07, 6.45) is -2.51. The highest BCUT2D eigenvalue weighted by atomic mass is 32.1. The Hall–Kier alpha value is -2.08. The zero-order chi connectivity index (χ0) is 16.7. The second kappa shape index (κ2) is 5.85. The number of thiazole rings is 1. The largest absolute Gasteiger partial charge is 0.394 e. The van der Waals surface area contributed by atoms with Crippen LogP contribution in [-0.2, 0) is 9.53 Å². The monoisotopic (exact) mass is 342 g/mol. The summed E-state index contributed by atoms with van der Waals surface area (Å²) in [6, 6.07) is 0. The molecule has 2 aromatic rings. The van der Waals surface area contributed by atoms with Gasteiger partial charge in [-0.25, -0.2) is 0 Å². The highest BCUT2D eigenvalue weighted by molar-refractivity contribution is 7.16. The molecule has 0 bridgehead atoms. The number of aromatic amines is 1. The van der Waals surface area contributed by atoms with E-state index in [1.54, 1.807) is 0 Å². The number of nitrogens with zero attached hydrogens (tertiary/aromatic N) is 2. The number of rotatable bonds is 3. The molecular formula is C12H14N4O6S. The van der Waals surface area contributed by atoms with Crippen molar-refractivity contribution in [3.8, 4) is 0 Å². The molecule has 4 N–H and O–H groups in total. The van der Waals surface area contributed by atoms with E-state index in [9.17, 15) is 19.5 Å². The number of ether oxygens (including phenoxy) is 1. The molecule has 3 rings (SSSR count). The molecule has 124 valence electrons. The molecule has 11 heteroatoms. The zero-order valence-electron chi connectivity index (χ0n) is 12.0. The Labute approximate surface area is 132 Å². The molecule has 2 aromatic heterocycles. The van der Waals surface area contributed by atoms with Crippen LogP contribution in [0.25, 0.3) is 10.3 Å². The van der Waals surface area contributed by atoms with Gasteiger partial charge in [-0.05, 0) is 0 Å². The van der Waals surface area contributed by atoms with Gasteiger partial charge in [0.15, 0.2) is 11.9 Å². The van der Waals surface area contributed by atoms with Crippen molar-refractivity contribution in [2.45, 2.75) is 31.8 Å². The van der Waals surface area contributed by atoms with Gasteiger partial charge < -0.3 is 14.9 Å². The third-order valence-corrected chi connectivity index (χ3v) is 4.33. The van der Waals surface area contributed by atoms with E-state index < -0.39 is 34.8 Å². The molecule has 10 nitrogen and oxygen atoms in total. The van der Waals surface area contributed by atoms with Crippen molar-refractivity contribution in [2.24, 2.45) is 0 Å². The fourth-order valence-electron chi connectivity index (χ4n) is 2.46. The number of fused-ring (bicyclic) bond motifs is 1. The van der Waals surface area contributed by atoms with Crippen LogP contribution in [0.5, 0.6) is 0 Å². The molecule has 0 saturated carbocycles. The summed E-state index contributed by atoms with van der Waals surface area (Å²) >= 11 is 0.666. The van der Waals surface area contributed by atoms with E-state index in [1.807, 2.05) is 0 Å². The van der Waals surface area contributed by atoms with Gasteiger partial charge in [-0.1, -0.05) is 11.3 Å². The van der Waals surface area contributed by atoms with Crippen LogP contribution in [0.15, 0.2) is 9.59 Å². The number of H-pyrrole nitrogens is 1. The van der Waals surface area contributed by atoms with Gasteiger partial charge in [0.2, 0.25) is 11.9 Å². The minimum Gasteiger partial charge on any atom is -0.394 e. The lowest BCUT2D eigenvalue weighted by Gasteiger charge is -2.16. The topological polar surface area (TPSA) is 147 Å². The zero-order valence-corrected chi connectivity index (χ0v) is 12.8. The van der Waals surface area contributed by atoms with Gasteiger partial charge in [-0.3, -0.25) is 29.3 Å². The van der Waals surface area contributed by atoms with Gasteiger partial charge in [-0.15, -0.1) is 0 Å². The van der Waals surface area contributed by atoms with Crippen LogP contribution in [0.1, 0.15) is 19.6 Å². The van der Waals surface area contributed by atoms with Crippen LogP contribution >= 0.6 is 11.3 Å². The first-order chi connectivity index (χ1) is 10.9. The molecule has 0 spiro atoms. The highest BCUT2D eigenvalue weighted by Crippen LogP contribution is 2.30. The van der Waals surface area contributed by atoms with E-state index in [-0.39, 0.29) is 29.3 Å². The molecule has 1 fully saturated rings. The van der Waals surface area contributed by atoms with E-state index in [0.717, 1.165) is 4.57 Å². The number of amides is 1. The molecular weight excluding hydrogens is 328 g/mol. The van der Waals surface area contributed by atoms with Crippen LogP contribution in [0.4, 0.5) is 5.95 Å². The molecule has 3 atom stereocenters. The van der Waals surface area contributed by atoms with Gasteiger partial charge in [0.25, 0.3) is 5.56 Å². The fraction of sp³-hybridized carbons (Fsp3) is 0.500. The van der Waals surface area contributed by atoms with E-state index >= 15 is 0 Å². The standard InChI is InChI=1S/C12H14N4O6S/c1-4(18)13-11-14-8-7(9(20)15-11)23-12(21)16(8)10-6(19)2-5(3-17)22-10/h5-6,10,17,19H,2-3H2,1H3,(H2,13,14,15,18,20)/t5?,6-,10?/m1/s1. The lowest BCUT2D eigenvalue weighted by molar-refractivity contribution is -0.114. The third kappa shape index (κ3) is 2.79. The molecule has 1 saturated heterocycles. The molecule has 3 heterocycles. The first kappa shape index (κ1) is 15.8. The fourth-order valence-corrected chi connectivity index (χ4v) is 3.30. The number of aromatic nitrogens is 3. The first-order valence-corrected chi connectivity index (χ1v) is 7.59. The first-order valence-electron chi connectivity index (χ1n) is 6.78. The Morgan fingerprint density at radius 1 is 1.57 bits per heavy atom. The number of carbonyl (C=O) groups is 1. The molecule has 1 aliphatic heterocycles. The number of aliphatic hydroxyl groups is 2. The maximum Gasteiger partial charge on any atom is 0.311 e. The molecule has 0 aliphatic carbocycles. The lowest BCUT2D eigenvalue weighted by atomic mass is 10.2. The molecule has 2 unspecified atom stereocenters. The Balaban J connectivity index is 2.15. The van der Waals surface area contributed by atoms with Crippen LogP contribution in [0.2, 0.25) is 0 Å². The summed E-state index contributed by atoms with van der Waals surface area (Å²) in [4.78, 5) is 41.2. The summed E-state index contributed by atoms with van der Waals surface area (Å²) in [5.41, 5.74) is -0.569. The summed E-state index contributed by atoms with van der Waals surface area (Å²) in [5, 5.41) is 21.5. The van der Waals surface area contributed by atoms with Crippen LogP contribution < -0.4 is 15.7 Å². The van der Waals surface area contributed by atoms with Crippen LogP contribution in [-0.4, -0.2) is 49.5 Å². The van der Waals surface area contributed by atoms with Crippen LogP contribution in [0, 0.1) is 0 Å². The Morgan fingerprint density at radius 2 is 2.30 bits per heavy atom. The number of hydrogen-bond acceptors (Lipinski definition) is 8. The second-order valence-corrected chi connectivity index (χ2v) is 6.08. The number of anilines is 1. The molecule has 1 amide bonds. The van der Waals surface area contributed by atoms with E-state index in [1.165, 1.54) is 6.92 Å². The van der Waals surface area contributed by atoms with Crippen molar-refractivity contribution in [3.05, 3.63) is 20.0 Å². The molecule has 0 radical (unpaired) electrons. The molecule has 23 heavy (non-hydrogen) atoms. The smallest absolute Gasteiger partial charge is 0.311 e. The maximum atomic E-state index is 12.2. The number of aliphatic hydroxyl groups excluding tert-OH is 2. The van der Waals surface area contributed by atoms with Crippen molar-refractivity contribution in [1.82, 2.24) is 14.5 Å². The van der Waals surface area contributed by atoms with Gasteiger partial charge in [0.1, 0.15) is 10.8 Å². The van der Waals surface area contributed by atoms with Crippen LogP contribution in [0.3, 0.4) is 0 Å². The van der Waals surface area contributed by atoms with Crippen molar-refractivity contribution < 1.29 is 19.7 Å². The van der Waals surface area contributed by atoms with Gasteiger partial charge >= 0.3 is 4.87 Å². The predicted octanol–water partition coefficient (Wildman–Crippen LogP) is -1.25. The Bertz CT molecular complexity index is 871. The second-order valence-electron chi connectivity index (χ2n) is 5.12. The normalized spacial score (nSPS) is 24.2. The number of carbonyl (C=O) groups excluding carboxylic acids is 1. The molecule has 0 aromatic carbocycles. The Kier molecular flexibility index (Phi) is 4.02. The summed E-state index contributed by atoms with van der Waals surface area (Å²) in [7, 11) is 0. The van der Waals surface area contributed by atoms with E-state index in [4.69, 9.17) is 9.84 Å². The van der Waals surface area contributed by atoms with Crippen molar-refractivity contribution in [3.63, 3.8) is 0 Å². The van der Waals surface area contributed by atoms with Gasteiger partial charge in [-0.2, -0.15) is 4.98 Å². The van der Waals surface area contributed by atoms with Gasteiger partial charge in [0, 0.05) is 13.3 Å². The SMILES string of the molecule is CC(=O)Nc1nc2c(sc(=O)n2C2OC(CO)C[C@H]2O)c(=O)[nH]1. The van der Waals surface area contributed by atoms with Crippen molar-refractivity contribution in [2.75, 3.05) is 11.9 Å². The maximum absolute atomic E-state index is 12.2. The quantitative estimate of drug-likeness (QED) is 0.545. The third-order valence-electron chi connectivity index (χ3n) is 3.39. The average molecular weight is 342 g/mol. The predicted molar refractivity (Wildman–Crippen MR) is 80.4 cm³/mol. The summed E-state index contributed by atoms with van der Waals surface area (Å²) < 4.78 is 6.58. The van der Waals surface area contributed by atoms with E-state index in [2.05, 4.69) is 15.3 Å². The number of hydrogen-bond donors (Lipinski definition) is 4. The Morgan fingerprint density at radius 3 is 2.91 bits per heavy atom. The van der Waals surface area contributed by atoms with Crippen molar-refractivity contribution in [1.29, 1.82) is 0 Å². The average Bonchev–Trinajstić information content (AvgIpc) is 2.98. The summed E-state index contributed by atoms with van der Waals surface area (Å²) in [5.74, 6) is -0.540. The molecule has 1 aliphatic rings. The highest BCUT2D eigenvalue weighted by Gasteiger charge is 2.37.